The molecule has 0 radical (unpaired) electrons. The average Bonchev–Trinajstić information content (AvgIpc) is 3.13. The molecule has 1 atom stereocenters. The molecule has 1 aliphatic heterocycles. The van der Waals surface area contributed by atoms with Crippen LogP contribution in [0.5, 0.6) is 0 Å². The van der Waals surface area contributed by atoms with Crippen LogP contribution in [0.1, 0.15) is 28.6 Å². The van der Waals surface area contributed by atoms with Crippen molar-refractivity contribution in [2.75, 3.05) is 26.7 Å². The molecule has 1 aliphatic rings. The summed E-state index contributed by atoms with van der Waals surface area (Å²) in [5, 5.41) is 5.93. The van der Waals surface area contributed by atoms with Crippen LogP contribution in [-0.2, 0) is 0 Å². The van der Waals surface area contributed by atoms with Crippen LogP contribution in [0.25, 0.3) is 0 Å². The number of nitrogens with zero attached hydrogens (tertiary/aromatic N) is 1. The first-order valence-electron chi connectivity index (χ1n) is 7.43. The van der Waals surface area contributed by atoms with E-state index >= 15 is 0 Å². The number of hydrogen-bond donors (Lipinski definition) is 1. The number of thiophene rings is 2. The van der Waals surface area contributed by atoms with Crippen molar-refractivity contribution in [1.82, 2.24) is 10.2 Å². The molecule has 0 amide bonds. The zero-order valence-electron chi connectivity index (χ0n) is 12.2. The highest BCUT2D eigenvalue weighted by Gasteiger charge is 2.21. The van der Waals surface area contributed by atoms with Gasteiger partial charge in [-0.2, -0.15) is 0 Å². The van der Waals surface area contributed by atoms with Gasteiger partial charge >= 0.3 is 0 Å². The standard InChI is InChI=1S/C16H21ClN2S2/c1-19-8-6-12(7-9-19)11-18-16(13-3-2-10-20-13)14-4-5-15(17)21-14/h2-5,10,12,16,18H,6-9,11H2,1H3. The van der Waals surface area contributed by atoms with Gasteiger partial charge in [-0.25, -0.2) is 0 Å². The highest BCUT2D eigenvalue weighted by Crippen LogP contribution is 2.33. The Hall–Kier alpha value is -0.390. The molecule has 21 heavy (non-hydrogen) atoms. The molecule has 1 N–H and O–H groups in total. The second kappa shape index (κ2) is 7.25. The Morgan fingerprint density at radius 2 is 2.10 bits per heavy atom. The van der Waals surface area contributed by atoms with Crippen LogP contribution in [0, 0.1) is 5.92 Å². The van der Waals surface area contributed by atoms with Crippen molar-refractivity contribution >= 4 is 34.3 Å². The van der Waals surface area contributed by atoms with Gasteiger partial charge in [0.1, 0.15) is 0 Å². The van der Waals surface area contributed by atoms with E-state index in [0.29, 0.717) is 6.04 Å². The lowest BCUT2D eigenvalue weighted by molar-refractivity contribution is 0.214. The van der Waals surface area contributed by atoms with E-state index in [0.717, 1.165) is 16.8 Å². The molecule has 0 saturated carbocycles. The van der Waals surface area contributed by atoms with Crippen molar-refractivity contribution in [3.8, 4) is 0 Å². The van der Waals surface area contributed by atoms with Gasteiger partial charge in [0.2, 0.25) is 0 Å². The fraction of sp³-hybridized carbons (Fsp3) is 0.500. The van der Waals surface area contributed by atoms with E-state index in [1.165, 1.54) is 35.7 Å². The molecule has 0 aliphatic carbocycles. The fourth-order valence-electron chi connectivity index (χ4n) is 2.83. The highest BCUT2D eigenvalue weighted by atomic mass is 35.5. The second-order valence-electron chi connectivity index (χ2n) is 5.75. The molecule has 2 aromatic rings. The van der Waals surface area contributed by atoms with E-state index in [2.05, 4.69) is 40.8 Å². The zero-order valence-corrected chi connectivity index (χ0v) is 14.6. The lowest BCUT2D eigenvalue weighted by atomic mass is 9.96. The maximum atomic E-state index is 6.12. The summed E-state index contributed by atoms with van der Waals surface area (Å²) >= 11 is 9.62. The topological polar surface area (TPSA) is 15.3 Å². The molecule has 1 saturated heterocycles. The Morgan fingerprint density at radius 3 is 2.71 bits per heavy atom. The van der Waals surface area contributed by atoms with Crippen LogP contribution in [-0.4, -0.2) is 31.6 Å². The second-order valence-corrected chi connectivity index (χ2v) is 8.47. The molecule has 2 aromatic heterocycles. The summed E-state index contributed by atoms with van der Waals surface area (Å²) in [5.74, 6) is 0.791. The fourth-order valence-corrected chi connectivity index (χ4v) is 4.88. The van der Waals surface area contributed by atoms with Crippen molar-refractivity contribution in [2.24, 2.45) is 5.92 Å². The maximum absolute atomic E-state index is 6.12. The maximum Gasteiger partial charge on any atom is 0.0931 e. The van der Waals surface area contributed by atoms with E-state index < -0.39 is 0 Å². The van der Waals surface area contributed by atoms with E-state index in [-0.39, 0.29) is 0 Å². The Labute approximate surface area is 139 Å². The number of piperidine rings is 1. The minimum absolute atomic E-state index is 0.294. The number of likely N-dealkylation sites (tertiary alicyclic amines) is 1. The van der Waals surface area contributed by atoms with Crippen molar-refractivity contribution in [3.05, 3.63) is 43.7 Å². The number of nitrogens with one attached hydrogen (secondary N) is 1. The third-order valence-corrected chi connectivity index (χ3v) is 6.39. The third-order valence-electron chi connectivity index (χ3n) is 4.15. The lowest BCUT2D eigenvalue weighted by Crippen LogP contribution is -2.36. The van der Waals surface area contributed by atoms with Gasteiger partial charge in [0.25, 0.3) is 0 Å². The van der Waals surface area contributed by atoms with E-state index in [4.69, 9.17) is 11.6 Å². The predicted molar refractivity (Wildman–Crippen MR) is 93.7 cm³/mol. The van der Waals surface area contributed by atoms with Gasteiger partial charge in [-0.1, -0.05) is 17.7 Å². The summed E-state index contributed by atoms with van der Waals surface area (Å²) < 4.78 is 0.868. The summed E-state index contributed by atoms with van der Waals surface area (Å²) in [7, 11) is 2.21. The summed E-state index contributed by atoms with van der Waals surface area (Å²) in [6.07, 6.45) is 2.59. The molecule has 0 spiro atoms. The molecule has 1 unspecified atom stereocenters. The SMILES string of the molecule is CN1CCC(CNC(c2cccs2)c2ccc(Cl)s2)CC1. The molecule has 5 heteroatoms. The molecule has 1 fully saturated rings. The smallest absolute Gasteiger partial charge is 0.0931 e. The number of rotatable bonds is 5. The molecule has 2 nitrogen and oxygen atoms in total. The van der Waals surface area contributed by atoms with Gasteiger partial charge in [-0.15, -0.1) is 22.7 Å². The zero-order chi connectivity index (χ0) is 14.7. The van der Waals surface area contributed by atoms with Gasteiger partial charge in [0.15, 0.2) is 0 Å². The van der Waals surface area contributed by atoms with Gasteiger partial charge in [0, 0.05) is 9.75 Å². The van der Waals surface area contributed by atoms with Crippen LogP contribution in [0.3, 0.4) is 0 Å². The molecule has 0 bridgehead atoms. The first-order valence-corrected chi connectivity index (χ1v) is 9.50. The average molecular weight is 341 g/mol. The highest BCUT2D eigenvalue weighted by molar-refractivity contribution is 7.16. The molecule has 3 heterocycles. The van der Waals surface area contributed by atoms with Crippen LogP contribution in [0.4, 0.5) is 0 Å². The quantitative estimate of drug-likeness (QED) is 0.863. The Bertz CT molecular complexity index is 544. The molecule has 3 rings (SSSR count). The number of hydrogen-bond acceptors (Lipinski definition) is 4. The summed E-state index contributed by atoms with van der Waals surface area (Å²) in [6, 6.07) is 8.78. The largest absolute Gasteiger partial charge is 0.306 e. The van der Waals surface area contributed by atoms with Crippen LogP contribution >= 0.6 is 34.3 Å². The Kier molecular flexibility index (Phi) is 5.35. The Balaban J connectivity index is 1.66. The Morgan fingerprint density at radius 1 is 1.29 bits per heavy atom. The normalized spacial score (nSPS) is 19.0. The summed E-state index contributed by atoms with van der Waals surface area (Å²) in [5.41, 5.74) is 0. The molecular formula is C16H21ClN2S2. The predicted octanol–water partition coefficient (Wildman–Crippen LogP) is 4.48. The minimum atomic E-state index is 0.294. The van der Waals surface area contributed by atoms with Gasteiger partial charge in [-0.3, -0.25) is 0 Å². The van der Waals surface area contributed by atoms with E-state index in [9.17, 15) is 0 Å². The minimum Gasteiger partial charge on any atom is -0.306 e. The van der Waals surface area contributed by atoms with Crippen molar-refractivity contribution in [2.45, 2.75) is 18.9 Å². The molecule has 114 valence electrons. The van der Waals surface area contributed by atoms with Gasteiger partial charge < -0.3 is 10.2 Å². The van der Waals surface area contributed by atoms with E-state index in [1.807, 2.05) is 17.4 Å². The molecular weight excluding hydrogens is 320 g/mol. The lowest BCUT2D eigenvalue weighted by Gasteiger charge is -2.30. The van der Waals surface area contributed by atoms with Crippen LogP contribution in [0.2, 0.25) is 4.34 Å². The van der Waals surface area contributed by atoms with Crippen LogP contribution in [0.15, 0.2) is 29.6 Å². The first-order chi connectivity index (χ1) is 10.2. The summed E-state index contributed by atoms with van der Waals surface area (Å²) in [6.45, 7) is 3.54. The van der Waals surface area contributed by atoms with Gasteiger partial charge in [0.05, 0.1) is 10.4 Å². The summed E-state index contributed by atoms with van der Waals surface area (Å²) in [4.78, 5) is 5.11. The van der Waals surface area contributed by atoms with Crippen molar-refractivity contribution in [1.29, 1.82) is 0 Å². The van der Waals surface area contributed by atoms with E-state index in [1.54, 1.807) is 11.3 Å². The van der Waals surface area contributed by atoms with Crippen LogP contribution < -0.4 is 5.32 Å². The van der Waals surface area contributed by atoms with Crippen molar-refractivity contribution < 1.29 is 0 Å². The first kappa shape index (κ1) is 15.5. The van der Waals surface area contributed by atoms with Crippen molar-refractivity contribution in [3.63, 3.8) is 0 Å². The molecule has 0 aromatic carbocycles. The van der Waals surface area contributed by atoms with Gasteiger partial charge in [-0.05, 0) is 69.0 Å². The monoisotopic (exact) mass is 340 g/mol. The third kappa shape index (κ3) is 4.08. The number of halogens is 1.